The van der Waals surface area contributed by atoms with Crippen LogP contribution in [-0.2, 0) is 22.5 Å². The van der Waals surface area contributed by atoms with Crippen LogP contribution in [0.25, 0.3) is 0 Å². The van der Waals surface area contributed by atoms with E-state index in [-0.39, 0.29) is 5.97 Å². The first-order chi connectivity index (χ1) is 17.0. The molecule has 0 bridgehead atoms. The number of aryl methyl sites for hydroxylation is 1. The maximum atomic E-state index is 12.2. The molecule has 2 aromatic carbocycles. The van der Waals surface area contributed by atoms with Crippen LogP contribution in [0.4, 0.5) is 0 Å². The number of para-hydroxylation sites is 1. The van der Waals surface area contributed by atoms with Gasteiger partial charge >= 0.3 is 5.97 Å². The summed E-state index contributed by atoms with van der Waals surface area (Å²) >= 11 is 0. The summed E-state index contributed by atoms with van der Waals surface area (Å²) < 4.78 is 12.2. The van der Waals surface area contributed by atoms with Gasteiger partial charge in [0.2, 0.25) is 0 Å². The van der Waals surface area contributed by atoms with Crippen molar-refractivity contribution in [2.75, 3.05) is 33.9 Å². The number of hydrogen-bond donors (Lipinski definition) is 0. The van der Waals surface area contributed by atoms with Gasteiger partial charge in [0.15, 0.2) is 0 Å². The first-order valence-corrected chi connectivity index (χ1v) is 13.7. The zero-order valence-corrected chi connectivity index (χ0v) is 22.5. The van der Waals surface area contributed by atoms with Gasteiger partial charge in [-0.2, -0.15) is 0 Å². The fourth-order valence-electron chi connectivity index (χ4n) is 4.49. The fourth-order valence-corrected chi connectivity index (χ4v) is 4.49. The number of nitrogens with zero attached hydrogens (tertiary/aromatic N) is 1. The maximum Gasteiger partial charge on any atom is 0.306 e. The van der Waals surface area contributed by atoms with Crippen molar-refractivity contribution >= 4 is 5.97 Å². The Balaban J connectivity index is 1.57. The van der Waals surface area contributed by atoms with Gasteiger partial charge in [-0.15, -0.1) is 0 Å². The number of quaternary nitrogens is 1. The molecule has 2 rings (SSSR count). The molecule has 0 atom stereocenters. The average molecular weight is 483 g/mol. The van der Waals surface area contributed by atoms with Crippen LogP contribution in [0.1, 0.15) is 82.3 Å². The third kappa shape index (κ3) is 13.4. The molecule has 0 fully saturated rings. The lowest BCUT2D eigenvalue weighted by Crippen LogP contribution is -2.39. The SMILES string of the molecule is CCCCCCCCCCc1ccccc1OCCOC(=O)CCC[N+](C)(C)Cc1ccccc1. The molecule has 0 aliphatic carbocycles. The molecule has 4 heteroatoms. The quantitative estimate of drug-likeness (QED) is 0.119. The number of benzene rings is 2. The smallest absolute Gasteiger partial charge is 0.306 e. The Labute approximate surface area is 214 Å². The number of ether oxygens (including phenoxy) is 2. The van der Waals surface area contributed by atoms with E-state index >= 15 is 0 Å². The van der Waals surface area contributed by atoms with Crippen LogP contribution in [0, 0.1) is 0 Å². The lowest BCUT2D eigenvalue weighted by Gasteiger charge is -2.29. The molecule has 0 N–H and O–H groups in total. The lowest BCUT2D eigenvalue weighted by molar-refractivity contribution is -0.903. The Morgan fingerprint density at radius 2 is 1.43 bits per heavy atom. The number of hydrogen-bond acceptors (Lipinski definition) is 3. The normalized spacial score (nSPS) is 11.4. The molecule has 0 unspecified atom stereocenters. The number of carbonyl (C=O) groups excluding carboxylic acids is 1. The minimum absolute atomic E-state index is 0.138. The van der Waals surface area contributed by atoms with E-state index in [4.69, 9.17) is 9.47 Å². The molecule has 0 amide bonds. The van der Waals surface area contributed by atoms with E-state index in [1.807, 2.05) is 18.2 Å². The molecule has 194 valence electrons. The van der Waals surface area contributed by atoms with Gasteiger partial charge in [-0.05, 0) is 24.5 Å². The molecular formula is C31H48NO3+. The molecule has 0 aliphatic rings. The Morgan fingerprint density at radius 3 is 2.17 bits per heavy atom. The van der Waals surface area contributed by atoms with E-state index in [9.17, 15) is 4.79 Å². The summed E-state index contributed by atoms with van der Waals surface area (Å²) in [6.45, 7) is 4.86. The minimum atomic E-state index is -0.138. The highest BCUT2D eigenvalue weighted by molar-refractivity contribution is 5.69. The second-order valence-electron chi connectivity index (χ2n) is 10.3. The second kappa shape index (κ2) is 17.2. The molecule has 0 aliphatic heterocycles. The third-order valence-electron chi connectivity index (χ3n) is 6.47. The van der Waals surface area contributed by atoms with E-state index in [1.54, 1.807) is 0 Å². The van der Waals surface area contributed by atoms with Crippen molar-refractivity contribution in [1.82, 2.24) is 0 Å². The van der Waals surface area contributed by atoms with Crippen molar-refractivity contribution in [3.63, 3.8) is 0 Å². The molecule has 0 spiro atoms. The zero-order valence-electron chi connectivity index (χ0n) is 22.5. The molecule has 0 radical (unpaired) electrons. The van der Waals surface area contributed by atoms with E-state index in [0.29, 0.717) is 19.6 Å². The monoisotopic (exact) mass is 482 g/mol. The summed E-state index contributed by atoms with van der Waals surface area (Å²) in [5.74, 6) is 0.784. The van der Waals surface area contributed by atoms with Crippen LogP contribution in [0.3, 0.4) is 0 Å². The third-order valence-corrected chi connectivity index (χ3v) is 6.47. The molecule has 0 saturated carbocycles. The molecular weight excluding hydrogens is 434 g/mol. The Bertz CT molecular complexity index is 819. The number of unbranched alkanes of at least 4 members (excludes halogenated alkanes) is 7. The molecule has 2 aromatic rings. The summed E-state index contributed by atoms with van der Waals surface area (Å²) in [5.41, 5.74) is 2.57. The van der Waals surface area contributed by atoms with Gasteiger partial charge in [0.25, 0.3) is 0 Å². The van der Waals surface area contributed by atoms with Crippen molar-refractivity contribution in [2.45, 2.75) is 84.1 Å². The van der Waals surface area contributed by atoms with Crippen LogP contribution in [0.5, 0.6) is 5.75 Å². The van der Waals surface area contributed by atoms with Gasteiger partial charge < -0.3 is 14.0 Å². The first-order valence-electron chi connectivity index (χ1n) is 13.7. The van der Waals surface area contributed by atoms with Crippen LogP contribution >= 0.6 is 0 Å². The van der Waals surface area contributed by atoms with Crippen LogP contribution in [0.15, 0.2) is 54.6 Å². The van der Waals surface area contributed by atoms with Gasteiger partial charge in [0, 0.05) is 12.0 Å². The lowest BCUT2D eigenvalue weighted by atomic mass is 10.0. The van der Waals surface area contributed by atoms with E-state index in [2.05, 4.69) is 57.4 Å². The topological polar surface area (TPSA) is 35.5 Å². The molecule has 0 saturated heterocycles. The zero-order chi connectivity index (χ0) is 25.2. The molecule has 0 heterocycles. The molecule has 0 aromatic heterocycles. The van der Waals surface area contributed by atoms with Crippen molar-refractivity contribution in [3.05, 3.63) is 65.7 Å². The Hall–Kier alpha value is -2.33. The van der Waals surface area contributed by atoms with Crippen molar-refractivity contribution in [1.29, 1.82) is 0 Å². The van der Waals surface area contributed by atoms with Crippen molar-refractivity contribution in [2.24, 2.45) is 0 Å². The van der Waals surface area contributed by atoms with Crippen LogP contribution < -0.4 is 4.74 Å². The summed E-state index contributed by atoms with van der Waals surface area (Å²) in [5, 5.41) is 0. The van der Waals surface area contributed by atoms with E-state index in [0.717, 1.165) is 36.2 Å². The average Bonchev–Trinajstić information content (AvgIpc) is 2.84. The molecule has 4 nitrogen and oxygen atoms in total. The highest BCUT2D eigenvalue weighted by Gasteiger charge is 2.16. The Kier molecular flexibility index (Phi) is 14.2. The predicted molar refractivity (Wildman–Crippen MR) is 146 cm³/mol. The minimum Gasteiger partial charge on any atom is -0.490 e. The first kappa shape index (κ1) is 28.9. The second-order valence-corrected chi connectivity index (χ2v) is 10.3. The van der Waals surface area contributed by atoms with E-state index < -0.39 is 0 Å². The highest BCUT2D eigenvalue weighted by atomic mass is 16.6. The van der Waals surface area contributed by atoms with Crippen LogP contribution in [0.2, 0.25) is 0 Å². The summed E-state index contributed by atoms with van der Waals surface area (Å²) in [6, 6.07) is 18.8. The van der Waals surface area contributed by atoms with Gasteiger partial charge in [-0.1, -0.05) is 100 Å². The predicted octanol–water partition coefficient (Wildman–Crippen LogP) is 7.35. The van der Waals surface area contributed by atoms with E-state index in [1.165, 1.54) is 62.5 Å². The van der Waals surface area contributed by atoms with Crippen molar-refractivity contribution < 1.29 is 18.8 Å². The summed E-state index contributed by atoms with van der Waals surface area (Å²) in [6.07, 6.45) is 12.9. The Morgan fingerprint density at radius 1 is 0.771 bits per heavy atom. The van der Waals surface area contributed by atoms with Crippen LogP contribution in [-0.4, -0.2) is 44.3 Å². The van der Waals surface area contributed by atoms with Crippen molar-refractivity contribution in [3.8, 4) is 5.75 Å². The van der Waals surface area contributed by atoms with Gasteiger partial charge in [0.05, 0.1) is 27.1 Å². The number of esters is 1. The fraction of sp³-hybridized carbons (Fsp3) is 0.581. The summed E-state index contributed by atoms with van der Waals surface area (Å²) in [4.78, 5) is 12.2. The summed E-state index contributed by atoms with van der Waals surface area (Å²) in [7, 11) is 4.41. The number of carbonyl (C=O) groups is 1. The maximum absolute atomic E-state index is 12.2. The van der Waals surface area contributed by atoms with Gasteiger partial charge in [-0.3, -0.25) is 4.79 Å². The highest BCUT2D eigenvalue weighted by Crippen LogP contribution is 2.21. The standard InChI is InChI=1S/C31H48NO3/c1-4-5-6-7-8-9-10-14-20-29-21-15-16-22-30(29)34-25-26-35-31(33)23-17-24-32(2,3)27-28-18-12-11-13-19-28/h11-13,15-16,18-19,21-22H,4-10,14,17,20,23-27H2,1-3H3/q+1. The largest absolute Gasteiger partial charge is 0.490 e. The van der Waals surface area contributed by atoms with Gasteiger partial charge in [-0.25, -0.2) is 0 Å². The molecule has 35 heavy (non-hydrogen) atoms. The number of rotatable bonds is 19. The van der Waals surface area contributed by atoms with Gasteiger partial charge in [0.1, 0.15) is 25.5 Å².